The fourth-order valence-electron chi connectivity index (χ4n) is 1.29. The van der Waals surface area contributed by atoms with Crippen LogP contribution in [0, 0.1) is 5.82 Å². The Morgan fingerprint density at radius 1 is 1.36 bits per heavy atom. The fraction of sp³-hybridized carbons (Fsp3) is 0.455. The lowest BCUT2D eigenvalue weighted by molar-refractivity contribution is 0.400. The largest absolute Gasteiger partial charge is 0.309 e. The molecule has 0 aliphatic rings. The van der Waals surface area contributed by atoms with E-state index in [1.54, 1.807) is 12.1 Å². The van der Waals surface area contributed by atoms with Gasteiger partial charge in [0.25, 0.3) is 0 Å². The van der Waals surface area contributed by atoms with E-state index in [0.717, 1.165) is 24.9 Å². The fourth-order valence-corrected chi connectivity index (χ4v) is 1.50. The third kappa shape index (κ3) is 3.64. The maximum atomic E-state index is 12.8. The third-order valence-corrected chi connectivity index (χ3v) is 2.34. The Morgan fingerprint density at radius 3 is 2.64 bits per heavy atom. The van der Waals surface area contributed by atoms with Crippen LogP contribution >= 0.6 is 11.6 Å². The minimum atomic E-state index is -0.344. The summed E-state index contributed by atoms with van der Waals surface area (Å²) in [5, 5.41) is 0.215. The second-order valence-electron chi connectivity index (χ2n) is 3.66. The molecule has 1 rings (SSSR count). The molecule has 0 aliphatic carbocycles. The Morgan fingerprint density at radius 2 is 2.07 bits per heavy atom. The number of hydrogen-bond acceptors (Lipinski definition) is 1. The Bertz CT molecular complexity index is 299. The van der Waals surface area contributed by atoms with Crippen LogP contribution in [0.4, 0.5) is 4.39 Å². The molecule has 0 unspecified atom stereocenters. The molecule has 0 heterocycles. The van der Waals surface area contributed by atoms with Gasteiger partial charge in [0.05, 0.1) is 5.02 Å². The molecule has 1 aromatic rings. The molecule has 0 spiro atoms. The smallest absolute Gasteiger partial charge is 0.141 e. The molecule has 1 aromatic carbocycles. The summed E-state index contributed by atoms with van der Waals surface area (Å²) in [5.41, 5.74) is 1.10. The first-order valence-electron chi connectivity index (χ1n) is 4.68. The van der Waals surface area contributed by atoms with Gasteiger partial charge in [0.15, 0.2) is 0 Å². The van der Waals surface area contributed by atoms with Crippen LogP contribution < -0.4 is 0 Å². The Labute approximate surface area is 89.5 Å². The summed E-state index contributed by atoms with van der Waals surface area (Å²) in [4.78, 5) is 2.13. The van der Waals surface area contributed by atoms with Crippen LogP contribution in [0.5, 0.6) is 0 Å². The average molecular weight is 216 g/mol. The van der Waals surface area contributed by atoms with Gasteiger partial charge in [-0.3, -0.25) is 0 Å². The van der Waals surface area contributed by atoms with Crippen LogP contribution in [0.25, 0.3) is 0 Å². The van der Waals surface area contributed by atoms with E-state index < -0.39 is 0 Å². The highest BCUT2D eigenvalue weighted by molar-refractivity contribution is 6.30. The molecule has 78 valence electrons. The van der Waals surface area contributed by atoms with Crippen molar-refractivity contribution in [3.63, 3.8) is 0 Å². The van der Waals surface area contributed by atoms with Crippen LogP contribution in [0.3, 0.4) is 0 Å². The molecule has 0 radical (unpaired) electrons. The minimum Gasteiger partial charge on any atom is -0.309 e. The molecule has 0 saturated carbocycles. The van der Waals surface area contributed by atoms with Gasteiger partial charge in [0, 0.05) is 0 Å². The molecule has 0 saturated heterocycles. The van der Waals surface area contributed by atoms with Gasteiger partial charge >= 0.3 is 0 Å². The van der Waals surface area contributed by atoms with E-state index in [4.69, 9.17) is 11.6 Å². The van der Waals surface area contributed by atoms with Crippen LogP contribution in [-0.2, 0) is 6.42 Å². The first kappa shape index (κ1) is 11.5. The predicted octanol–water partition coefficient (Wildman–Crippen LogP) is 2.97. The molecule has 0 atom stereocenters. The van der Waals surface area contributed by atoms with Crippen molar-refractivity contribution in [1.82, 2.24) is 4.90 Å². The number of nitrogens with zero attached hydrogens (tertiary/aromatic N) is 1. The van der Waals surface area contributed by atoms with Gasteiger partial charge in [-0.05, 0) is 51.2 Å². The molecule has 0 amide bonds. The van der Waals surface area contributed by atoms with Crippen LogP contribution in [0.2, 0.25) is 5.02 Å². The molecule has 1 nitrogen and oxygen atoms in total. The van der Waals surface area contributed by atoms with Crippen molar-refractivity contribution in [1.29, 1.82) is 0 Å². The molecule has 0 aliphatic heterocycles. The van der Waals surface area contributed by atoms with Gasteiger partial charge in [-0.1, -0.05) is 17.7 Å². The van der Waals surface area contributed by atoms with Crippen molar-refractivity contribution in [3.05, 3.63) is 34.6 Å². The number of aryl methyl sites for hydroxylation is 1. The number of benzene rings is 1. The zero-order valence-corrected chi connectivity index (χ0v) is 9.31. The average Bonchev–Trinajstić information content (AvgIpc) is 2.10. The van der Waals surface area contributed by atoms with Crippen molar-refractivity contribution in [3.8, 4) is 0 Å². The van der Waals surface area contributed by atoms with E-state index in [1.165, 1.54) is 6.07 Å². The highest BCUT2D eigenvalue weighted by Gasteiger charge is 2.00. The Balaban J connectivity index is 2.47. The second-order valence-corrected chi connectivity index (χ2v) is 4.06. The summed E-state index contributed by atoms with van der Waals surface area (Å²) in [6.07, 6.45) is 2.01. The molecule has 0 bridgehead atoms. The molecule has 14 heavy (non-hydrogen) atoms. The normalized spacial score (nSPS) is 10.9. The zero-order valence-electron chi connectivity index (χ0n) is 8.56. The van der Waals surface area contributed by atoms with E-state index >= 15 is 0 Å². The zero-order chi connectivity index (χ0) is 10.6. The molecular formula is C11H15ClFN. The van der Waals surface area contributed by atoms with Gasteiger partial charge in [-0.25, -0.2) is 4.39 Å². The minimum absolute atomic E-state index is 0.215. The Hall–Kier alpha value is -0.600. The first-order chi connectivity index (χ1) is 6.59. The highest BCUT2D eigenvalue weighted by atomic mass is 35.5. The summed E-state index contributed by atoms with van der Waals surface area (Å²) in [7, 11) is 4.08. The molecule has 0 N–H and O–H groups in total. The SMILES string of the molecule is CN(C)CCCc1ccc(F)c(Cl)c1. The Kier molecular flexibility index (Phi) is 4.36. The van der Waals surface area contributed by atoms with Gasteiger partial charge in [0.1, 0.15) is 5.82 Å². The van der Waals surface area contributed by atoms with E-state index in [9.17, 15) is 4.39 Å². The van der Waals surface area contributed by atoms with Gasteiger partial charge in [-0.15, -0.1) is 0 Å². The maximum absolute atomic E-state index is 12.8. The van der Waals surface area contributed by atoms with Gasteiger partial charge in [0.2, 0.25) is 0 Å². The summed E-state index contributed by atoms with van der Waals surface area (Å²) in [5.74, 6) is -0.344. The maximum Gasteiger partial charge on any atom is 0.141 e. The molecule has 3 heteroatoms. The van der Waals surface area contributed by atoms with Crippen molar-refractivity contribution in [2.75, 3.05) is 20.6 Å². The monoisotopic (exact) mass is 215 g/mol. The first-order valence-corrected chi connectivity index (χ1v) is 5.06. The topological polar surface area (TPSA) is 3.24 Å². The molecular weight excluding hydrogens is 201 g/mol. The lowest BCUT2D eigenvalue weighted by atomic mass is 10.1. The van der Waals surface area contributed by atoms with Crippen molar-refractivity contribution < 1.29 is 4.39 Å². The van der Waals surface area contributed by atoms with Crippen LogP contribution in [-0.4, -0.2) is 25.5 Å². The van der Waals surface area contributed by atoms with E-state index in [-0.39, 0.29) is 10.8 Å². The van der Waals surface area contributed by atoms with E-state index in [1.807, 2.05) is 14.1 Å². The molecule has 0 aromatic heterocycles. The molecule has 0 fully saturated rings. The predicted molar refractivity (Wildman–Crippen MR) is 58.3 cm³/mol. The van der Waals surface area contributed by atoms with Gasteiger partial charge < -0.3 is 4.90 Å². The standard InChI is InChI=1S/C11H15ClFN/c1-14(2)7-3-4-9-5-6-11(13)10(12)8-9/h5-6,8H,3-4,7H2,1-2H3. The number of rotatable bonds is 4. The summed E-state index contributed by atoms with van der Waals surface area (Å²) in [6.45, 7) is 1.04. The summed E-state index contributed by atoms with van der Waals surface area (Å²) >= 11 is 5.67. The quantitative estimate of drug-likeness (QED) is 0.747. The summed E-state index contributed by atoms with van der Waals surface area (Å²) < 4.78 is 12.8. The van der Waals surface area contributed by atoms with Crippen molar-refractivity contribution in [2.45, 2.75) is 12.8 Å². The third-order valence-electron chi connectivity index (χ3n) is 2.05. The number of halogens is 2. The van der Waals surface area contributed by atoms with Crippen LogP contribution in [0.1, 0.15) is 12.0 Å². The van der Waals surface area contributed by atoms with Crippen LogP contribution in [0.15, 0.2) is 18.2 Å². The van der Waals surface area contributed by atoms with Crippen molar-refractivity contribution >= 4 is 11.6 Å². The van der Waals surface area contributed by atoms with E-state index in [2.05, 4.69) is 4.90 Å². The summed E-state index contributed by atoms with van der Waals surface area (Å²) in [6, 6.07) is 4.91. The lowest BCUT2D eigenvalue weighted by Crippen LogP contribution is -2.13. The van der Waals surface area contributed by atoms with E-state index in [0.29, 0.717) is 0 Å². The van der Waals surface area contributed by atoms with Crippen molar-refractivity contribution in [2.24, 2.45) is 0 Å². The number of hydrogen-bond donors (Lipinski definition) is 0. The highest BCUT2D eigenvalue weighted by Crippen LogP contribution is 2.16. The second kappa shape index (κ2) is 5.32. The van der Waals surface area contributed by atoms with Gasteiger partial charge in [-0.2, -0.15) is 0 Å². The lowest BCUT2D eigenvalue weighted by Gasteiger charge is -2.08.